The third-order valence-corrected chi connectivity index (χ3v) is 4.29. The lowest BCUT2D eigenvalue weighted by molar-refractivity contribution is 0.0514. The molecule has 1 saturated heterocycles. The molecule has 2 amide bonds. The molecule has 1 N–H and O–H groups in total. The van der Waals surface area contributed by atoms with Crippen LogP contribution in [-0.4, -0.2) is 42.1 Å². The quantitative estimate of drug-likeness (QED) is 0.799. The van der Waals surface area contributed by atoms with Gasteiger partial charge in [0.2, 0.25) is 0 Å². The van der Waals surface area contributed by atoms with Crippen molar-refractivity contribution in [2.45, 2.75) is 45.6 Å². The van der Waals surface area contributed by atoms with Gasteiger partial charge in [0.1, 0.15) is 5.60 Å². The highest BCUT2D eigenvalue weighted by molar-refractivity contribution is 5.94. The summed E-state index contributed by atoms with van der Waals surface area (Å²) in [6.07, 6.45) is 1.70. The number of carbonyl (C=O) groups excluding carboxylic acids is 2. The van der Waals surface area contributed by atoms with E-state index < -0.39 is 40.6 Å². The number of alkyl carbamates (subject to hydrolysis) is 1. The van der Waals surface area contributed by atoms with Crippen molar-refractivity contribution in [1.29, 1.82) is 0 Å². The molecular weight excluding hydrogens is 361 g/mol. The third-order valence-electron chi connectivity index (χ3n) is 4.29. The molecule has 1 aromatic carbocycles. The van der Waals surface area contributed by atoms with Crippen LogP contribution in [0.25, 0.3) is 0 Å². The first-order valence-corrected chi connectivity index (χ1v) is 8.98. The van der Waals surface area contributed by atoms with Gasteiger partial charge in [0.05, 0.1) is 5.56 Å². The molecule has 0 radical (unpaired) electrons. The van der Waals surface area contributed by atoms with Crippen molar-refractivity contribution in [1.82, 2.24) is 10.2 Å². The number of hydrogen-bond donors (Lipinski definition) is 1. The number of hydrogen-bond acceptors (Lipinski definition) is 3. The topological polar surface area (TPSA) is 58.6 Å². The minimum Gasteiger partial charge on any atom is -0.444 e. The minimum atomic E-state index is -1.64. The second kappa shape index (κ2) is 8.63. The fourth-order valence-corrected chi connectivity index (χ4v) is 3.04. The first-order chi connectivity index (χ1) is 12.6. The van der Waals surface area contributed by atoms with E-state index in [0.717, 1.165) is 18.6 Å². The molecule has 0 bridgehead atoms. The lowest BCUT2D eigenvalue weighted by Gasteiger charge is -2.33. The molecule has 5 nitrogen and oxygen atoms in total. The largest absolute Gasteiger partial charge is 0.444 e. The highest BCUT2D eigenvalue weighted by Gasteiger charge is 2.28. The molecule has 1 atom stereocenters. The Morgan fingerprint density at radius 2 is 1.93 bits per heavy atom. The van der Waals surface area contributed by atoms with Gasteiger partial charge in [-0.3, -0.25) is 4.79 Å². The average molecular weight is 386 g/mol. The first kappa shape index (κ1) is 21.1. The number of benzene rings is 1. The average Bonchev–Trinajstić information content (AvgIpc) is 2.58. The van der Waals surface area contributed by atoms with Crippen LogP contribution in [-0.2, 0) is 4.74 Å². The van der Waals surface area contributed by atoms with Crippen molar-refractivity contribution >= 4 is 12.0 Å². The zero-order valence-electron chi connectivity index (χ0n) is 15.8. The fourth-order valence-electron chi connectivity index (χ4n) is 3.04. The van der Waals surface area contributed by atoms with Crippen LogP contribution in [0.15, 0.2) is 12.1 Å². The van der Waals surface area contributed by atoms with Crippen molar-refractivity contribution < 1.29 is 27.5 Å². The number of carbonyl (C=O) groups is 2. The Kier molecular flexibility index (Phi) is 6.73. The van der Waals surface area contributed by atoms with E-state index in [4.69, 9.17) is 4.74 Å². The standard InChI is InChI=1S/C19H25F3N2O3/c1-19(2,3)27-18(26)23-9-8-12-5-4-10-24(11-12)17(25)13-6-7-14(20)16(22)15(13)21/h6-7,12H,4-5,8-11H2,1-3H3,(H,23,26)/t12-/m0/s1. The van der Waals surface area contributed by atoms with E-state index in [1.165, 1.54) is 4.90 Å². The van der Waals surface area contributed by atoms with Crippen LogP contribution in [0, 0.1) is 23.4 Å². The summed E-state index contributed by atoms with van der Waals surface area (Å²) in [5, 5.41) is 2.67. The zero-order chi connectivity index (χ0) is 20.2. The third kappa shape index (κ3) is 5.87. The molecule has 150 valence electrons. The summed E-state index contributed by atoms with van der Waals surface area (Å²) in [6, 6.07) is 1.71. The maximum atomic E-state index is 13.9. The van der Waals surface area contributed by atoms with E-state index in [0.29, 0.717) is 32.5 Å². The Hall–Kier alpha value is -2.25. The van der Waals surface area contributed by atoms with Crippen molar-refractivity contribution in [3.05, 3.63) is 35.1 Å². The van der Waals surface area contributed by atoms with Gasteiger partial charge in [-0.1, -0.05) is 0 Å². The molecular formula is C19H25F3N2O3. The van der Waals surface area contributed by atoms with Gasteiger partial charge in [0, 0.05) is 19.6 Å². The van der Waals surface area contributed by atoms with Gasteiger partial charge in [-0.25, -0.2) is 18.0 Å². The van der Waals surface area contributed by atoms with Crippen molar-refractivity contribution in [2.75, 3.05) is 19.6 Å². The van der Waals surface area contributed by atoms with Crippen LogP contribution in [0.4, 0.5) is 18.0 Å². The predicted molar refractivity (Wildman–Crippen MR) is 93.8 cm³/mol. The van der Waals surface area contributed by atoms with Crippen LogP contribution in [0.2, 0.25) is 0 Å². The minimum absolute atomic E-state index is 0.117. The molecule has 1 heterocycles. The van der Waals surface area contributed by atoms with Crippen LogP contribution >= 0.6 is 0 Å². The monoisotopic (exact) mass is 386 g/mol. The van der Waals surface area contributed by atoms with Gasteiger partial charge in [0.25, 0.3) is 5.91 Å². The van der Waals surface area contributed by atoms with E-state index in [9.17, 15) is 22.8 Å². The number of rotatable bonds is 4. The number of piperidine rings is 1. The van der Waals surface area contributed by atoms with Crippen molar-refractivity contribution in [3.8, 4) is 0 Å². The highest BCUT2D eigenvalue weighted by Crippen LogP contribution is 2.23. The smallest absolute Gasteiger partial charge is 0.407 e. The van der Waals surface area contributed by atoms with Gasteiger partial charge in [-0.05, 0) is 58.1 Å². The predicted octanol–water partition coefficient (Wildman–Crippen LogP) is 3.87. The van der Waals surface area contributed by atoms with Gasteiger partial charge in [-0.15, -0.1) is 0 Å². The molecule has 1 aliphatic heterocycles. The Bertz CT molecular complexity index is 704. The molecule has 0 spiro atoms. The molecule has 0 saturated carbocycles. The summed E-state index contributed by atoms with van der Waals surface area (Å²) >= 11 is 0. The summed E-state index contributed by atoms with van der Waals surface area (Å²) in [5.41, 5.74) is -1.05. The van der Waals surface area contributed by atoms with Gasteiger partial charge in [0.15, 0.2) is 17.5 Å². The molecule has 2 rings (SSSR count). The zero-order valence-corrected chi connectivity index (χ0v) is 15.8. The fraction of sp³-hybridized carbons (Fsp3) is 0.579. The normalized spacial score (nSPS) is 17.6. The SMILES string of the molecule is CC(C)(C)OC(=O)NCC[C@@H]1CCCN(C(=O)c2ccc(F)c(F)c2F)C1. The second-order valence-corrected chi connectivity index (χ2v) is 7.70. The molecule has 27 heavy (non-hydrogen) atoms. The summed E-state index contributed by atoms with van der Waals surface area (Å²) in [7, 11) is 0. The Morgan fingerprint density at radius 3 is 2.59 bits per heavy atom. The lowest BCUT2D eigenvalue weighted by atomic mass is 9.94. The Balaban J connectivity index is 1.89. The van der Waals surface area contributed by atoms with Gasteiger partial charge >= 0.3 is 6.09 Å². The van der Waals surface area contributed by atoms with Crippen molar-refractivity contribution in [2.24, 2.45) is 5.92 Å². The number of amides is 2. The molecule has 8 heteroatoms. The molecule has 0 unspecified atom stereocenters. The van der Waals surface area contributed by atoms with Crippen LogP contribution in [0.1, 0.15) is 50.4 Å². The summed E-state index contributed by atoms with van der Waals surface area (Å²) in [4.78, 5) is 25.6. The maximum Gasteiger partial charge on any atom is 0.407 e. The number of nitrogens with one attached hydrogen (secondary N) is 1. The summed E-state index contributed by atoms with van der Waals surface area (Å²) < 4.78 is 45.5. The highest BCUT2D eigenvalue weighted by atomic mass is 19.2. The van der Waals surface area contributed by atoms with E-state index in [2.05, 4.69) is 5.32 Å². The second-order valence-electron chi connectivity index (χ2n) is 7.70. The maximum absolute atomic E-state index is 13.9. The van der Waals surface area contributed by atoms with E-state index in [1.807, 2.05) is 0 Å². The summed E-state index contributed by atoms with van der Waals surface area (Å²) in [5.74, 6) is -4.97. The number of halogens is 3. The molecule has 1 fully saturated rings. The number of ether oxygens (including phenoxy) is 1. The molecule has 0 aliphatic carbocycles. The van der Waals surface area contributed by atoms with Gasteiger partial charge in [-0.2, -0.15) is 0 Å². The lowest BCUT2D eigenvalue weighted by Crippen LogP contribution is -2.41. The van der Waals surface area contributed by atoms with E-state index in [-0.39, 0.29) is 5.92 Å². The molecule has 1 aromatic rings. The number of nitrogens with zero attached hydrogens (tertiary/aromatic N) is 1. The Labute approximate surface area is 156 Å². The summed E-state index contributed by atoms with van der Waals surface area (Å²) in [6.45, 7) is 6.50. The van der Waals surface area contributed by atoms with Crippen LogP contribution in [0.3, 0.4) is 0 Å². The van der Waals surface area contributed by atoms with Crippen molar-refractivity contribution in [3.63, 3.8) is 0 Å². The molecule has 0 aromatic heterocycles. The van der Waals surface area contributed by atoms with Gasteiger partial charge < -0.3 is 15.0 Å². The van der Waals surface area contributed by atoms with E-state index >= 15 is 0 Å². The van der Waals surface area contributed by atoms with Crippen LogP contribution < -0.4 is 5.32 Å². The Morgan fingerprint density at radius 1 is 1.22 bits per heavy atom. The van der Waals surface area contributed by atoms with Crippen LogP contribution in [0.5, 0.6) is 0 Å². The van der Waals surface area contributed by atoms with E-state index in [1.54, 1.807) is 20.8 Å². The molecule has 1 aliphatic rings. The first-order valence-electron chi connectivity index (χ1n) is 8.98. The number of likely N-dealkylation sites (tertiary alicyclic amines) is 1.